The van der Waals surface area contributed by atoms with Crippen LogP contribution in [0, 0.1) is 0 Å². The molecule has 88 valence electrons. The van der Waals surface area contributed by atoms with E-state index in [9.17, 15) is 13.6 Å². The number of hydrogen-bond acceptors (Lipinski definition) is 2. The minimum absolute atomic E-state index is 0.0217. The molecule has 0 aliphatic rings. The summed E-state index contributed by atoms with van der Waals surface area (Å²) in [4.78, 5) is 11.5. The van der Waals surface area contributed by atoms with Gasteiger partial charge in [0.25, 0.3) is 0 Å². The van der Waals surface area contributed by atoms with Gasteiger partial charge >= 0.3 is 6.61 Å². The molecule has 2 nitrogen and oxygen atoms in total. The number of alkyl halides is 3. The highest BCUT2D eigenvalue weighted by molar-refractivity contribution is 6.32. The second-order valence-corrected chi connectivity index (χ2v) is 3.64. The smallest absolute Gasteiger partial charge is 0.387 e. The van der Waals surface area contributed by atoms with E-state index >= 15 is 0 Å². The lowest BCUT2D eigenvalue weighted by molar-refractivity contribution is -0.0500. The molecule has 1 rings (SSSR count). The number of benzene rings is 1. The molecule has 0 aliphatic carbocycles. The van der Waals surface area contributed by atoms with E-state index in [4.69, 9.17) is 23.2 Å². The van der Waals surface area contributed by atoms with E-state index in [0.717, 1.165) is 0 Å². The molecule has 0 aromatic heterocycles. The van der Waals surface area contributed by atoms with Gasteiger partial charge in [-0.2, -0.15) is 8.78 Å². The van der Waals surface area contributed by atoms with Gasteiger partial charge in [0, 0.05) is 12.3 Å². The lowest BCUT2D eigenvalue weighted by Gasteiger charge is -2.10. The molecule has 0 aliphatic heterocycles. The van der Waals surface area contributed by atoms with Crippen LogP contribution in [0.15, 0.2) is 18.2 Å². The molecular weight excluding hydrogens is 261 g/mol. The first-order valence-electron chi connectivity index (χ1n) is 4.38. The molecule has 0 atom stereocenters. The highest BCUT2D eigenvalue weighted by Gasteiger charge is 2.18. The molecule has 0 heterocycles. The molecule has 0 saturated heterocycles. The fourth-order valence-corrected chi connectivity index (χ4v) is 1.55. The Morgan fingerprint density at radius 3 is 2.69 bits per heavy atom. The van der Waals surface area contributed by atoms with Crippen LogP contribution < -0.4 is 4.74 Å². The summed E-state index contributed by atoms with van der Waals surface area (Å²) in [7, 11) is 0. The van der Waals surface area contributed by atoms with Crippen molar-refractivity contribution in [2.24, 2.45) is 0 Å². The van der Waals surface area contributed by atoms with Crippen molar-refractivity contribution in [1.82, 2.24) is 0 Å². The fraction of sp³-hybridized carbons (Fsp3) is 0.300. The minimum atomic E-state index is -3.03. The number of rotatable bonds is 5. The average molecular weight is 269 g/mol. The summed E-state index contributed by atoms with van der Waals surface area (Å²) in [5.41, 5.74) is 0.0217. The molecule has 1 aromatic carbocycles. The van der Waals surface area contributed by atoms with Gasteiger partial charge in [-0.25, -0.2) is 0 Å². The molecular formula is C10H8Cl2F2O2. The Kier molecular flexibility index (Phi) is 4.96. The van der Waals surface area contributed by atoms with Crippen molar-refractivity contribution in [3.63, 3.8) is 0 Å². The first-order valence-corrected chi connectivity index (χ1v) is 5.30. The highest BCUT2D eigenvalue weighted by atomic mass is 35.5. The van der Waals surface area contributed by atoms with Crippen LogP contribution in [0.5, 0.6) is 5.75 Å². The quantitative estimate of drug-likeness (QED) is 0.601. The summed E-state index contributed by atoms with van der Waals surface area (Å²) in [6.07, 6.45) is 0.0432. The van der Waals surface area contributed by atoms with Crippen LogP contribution in [0.1, 0.15) is 16.8 Å². The Bertz CT molecular complexity index is 383. The van der Waals surface area contributed by atoms with E-state index in [-0.39, 0.29) is 34.4 Å². The normalized spacial score (nSPS) is 10.6. The third kappa shape index (κ3) is 3.32. The lowest BCUT2D eigenvalue weighted by atomic mass is 10.1. The van der Waals surface area contributed by atoms with E-state index in [1.165, 1.54) is 18.2 Å². The highest BCUT2D eigenvalue weighted by Crippen LogP contribution is 2.30. The summed E-state index contributed by atoms with van der Waals surface area (Å²) in [6, 6.07) is 4.23. The van der Waals surface area contributed by atoms with Gasteiger partial charge in [-0.05, 0) is 12.1 Å². The SMILES string of the molecule is O=C(CCCl)c1cccc(Cl)c1OC(F)F. The monoisotopic (exact) mass is 268 g/mol. The fourth-order valence-electron chi connectivity index (χ4n) is 1.16. The second kappa shape index (κ2) is 6.01. The van der Waals surface area contributed by atoms with Gasteiger partial charge in [0.2, 0.25) is 0 Å². The van der Waals surface area contributed by atoms with Crippen molar-refractivity contribution in [1.29, 1.82) is 0 Å². The van der Waals surface area contributed by atoms with Gasteiger partial charge in [-0.1, -0.05) is 17.7 Å². The van der Waals surface area contributed by atoms with Gasteiger partial charge < -0.3 is 4.74 Å². The maximum Gasteiger partial charge on any atom is 0.387 e. The van der Waals surface area contributed by atoms with E-state index in [0.29, 0.717) is 0 Å². The molecule has 0 amide bonds. The molecule has 0 saturated carbocycles. The van der Waals surface area contributed by atoms with Crippen molar-refractivity contribution >= 4 is 29.0 Å². The summed E-state index contributed by atoms with van der Waals surface area (Å²) >= 11 is 11.1. The maximum atomic E-state index is 12.1. The summed E-state index contributed by atoms with van der Waals surface area (Å²) in [5.74, 6) is -0.568. The Morgan fingerprint density at radius 2 is 2.12 bits per heavy atom. The molecule has 0 spiro atoms. The van der Waals surface area contributed by atoms with Crippen LogP contribution in [0.2, 0.25) is 5.02 Å². The molecule has 0 unspecified atom stereocenters. The van der Waals surface area contributed by atoms with Crippen LogP contribution in [-0.4, -0.2) is 18.3 Å². The standard InChI is InChI=1S/C10H8Cl2F2O2/c11-5-4-8(15)6-2-1-3-7(12)9(6)16-10(13)14/h1-3,10H,4-5H2. The van der Waals surface area contributed by atoms with Crippen LogP contribution >= 0.6 is 23.2 Å². The van der Waals surface area contributed by atoms with Crippen molar-refractivity contribution in [3.05, 3.63) is 28.8 Å². The summed E-state index contributed by atoms with van der Waals surface area (Å²) in [6.45, 7) is -3.03. The van der Waals surface area contributed by atoms with E-state index < -0.39 is 6.61 Å². The maximum absolute atomic E-state index is 12.1. The molecule has 0 N–H and O–H groups in total. The number of Topliss-reactive ketones (excluding diaryl/α,β-unsaturated/α-hetero) is 1. The third-order valence-corrected chi connectivity index (χ3v) is 2.28. The van der Waals surface area contributed by atoms with E-state index in [1.54, 1.807) is 0 Å². The molecule has 6 heteroatoms. The zero-order valence-electron chi connectivity index (χ0n) is 8.05. The minimum Gasteiger partial charge on any atom is -0.432 e. The summed E-state index contributed by atoms with van der Waals surface area (Å²) < 4.78 is 28.4. The number of para-hydroxylation sites is 1. The number of halogens is 4. The predicted octanol–water partition coefficient (Wildman–Crippen LogP) is 3.75. The number of carbonyl (C=O) groups is 1. The van der Waals surface area contributed by atoms with Gasteiger partial charge in [0.05, 0.1) is 10.6 Å². The van der Waals surface area contributed by atoms with Crippen LogP contribution in [0.3, 0.4) is 0 Å². The van der Waals surface area contributed by atoms with Crippen molar-refractivity contribution in [3.8, 4) is 5.75 Å². The Labute approximate surface area is 101 Å². The number of hydrogen-bond donors (Lipinski definition) is 0. The number of ether oxygens (including phenoxy) is 1. The second-order valence-electron chi connectivity index (χ2n) is 2.86. The van der Waals surface area contributed by atoms with Crippen LogP contribution in [0.4, 0.5) is 8.78 Å². The zero-order chi connectivity index (χ0) is 12.1. The van der Waals surface area contributed by atoms with E-state index in [1.807, 2.05) is 0 Å². The first kappa shape index (κ1) is 13.2. The number of ketones is 1. The molecule has 16 heavy (non-hydrogen) atoms. The molecule has 0 radical (unpaired) electrons. The summed E-state index contributed by atoms with van der Waals surface area (Å²) in [5, 5.41) is -0.0271. The number of carbonyl (C=O) groups excluding carboxylic acids is 1. The Morgan fingerprint density at radius 1 is 1.44 bits per heavy atom. The molecule has 0 fully saturated rings. The molecule has 0 bridgehead atoms. The largest absolute Gasteiger partial charge is 0.432 e. The predicted molar refractivity (Wildman–Crippen MR) is 57.8 cm³/mol. The van der Waals surface area contributed by atoms with Gasteiger partial charge in [-0.3, -0.25) is 4.79 Å². The zero-order valence-corrected chi connectivity index (χ0v) is 9.56. The Balaban J connectivity index is 3.07. The van der Waals surface area contributed by atoms with Gasteiger partial charge in [-0.15, -0.1) is 11.6 Å². The van der Waals surface area contributed by atoms with Crippen LogP contribution in [0.25, 0.3) is 0 Å². The van der Waals surface area contributed by atoms with Crippen molar-refractivity contribution in [2.75, 3.05) is 5.88 Å². The van der Waals surface area contributed by atoms with Gasteiger partial charge in [0.1, 0.15) is 0 Å². The lowest BCUT2D eigenvalue weighted by Crippen LogP contribution is -2.09. The van der Waals surface area contributed by atoms with Crippen molar-refractivity contribution in [2.45, 2.75) is 13.0 Å². The van der Waals surface area contributed by atoms with Crippen molar-refractivity contribution < 1.29 is 18.3 Å². The average Bonchev–Trinajstić information content (AvgIpc) is 2.20. The topological polar surface area (TPSA) is 26.3 Å². The van der Waals surface area contributed by atoms with Gasteiger partial charge in [0.15, 0.2) is 11.5 Å². The Hall–Kier alpha value is -0.870. The third-order valence-electron chi connectivity index (χ3n) is 1.80. The first-order chi connectivity index (χ1) is 7.56. The molecule has 1 aromatic rings. The van der Waals surface area contributed by atoms with E-state index in [2.05, 4.69) is 4.74 Å². The van der Waals surface area contributed by atoms with Crippen LogP contribution in [-0.2, 0) is 0 Å².